The smallest absolute Gasteiger partial charge is 0.230 e. The maximum absolute atomic E-state index is 13.2. The van der Waals surface area contributed by atoms with E-state index in [4.69, 9.17) is 4.74 Å². The number of nitrogens with zero attached hydrogens (tertiary/aromatic N) is 2. The monoisotopic (exact) mass is 330 g/mol. The number of rotatable bonds is 5. The second kappa shape index (κ2) is 7.14. The molecule has 0 N–H and O–H groups in total. The van der Waals surface area contributed by atoms with Gasteiger partial charge in [-0.2, -0.15) is 0 Å². The van der Waals surface area contributed by atoms with Crippen LogP contribution < -0.4 is 4.74 Å². The Hall–Kier alpha value is -1.55. The molecule has 1 atom stereocenters. The van der Waals surface area contributed by atoms with Crippen LogP contribution in [0.5, 0.6) is 5.75 Å². The molecule has 1 amide bonds. The summed E-state index contributed by atoms with van der Waals surface area (Å²) >= 11 is 0. The Morgan fingerprint density at radius 1 is 1.25 bits per heavy atom. The fraction of sp³-hybridized carbons (Fsp3) is 0.650. The van der Waals surface area contributed by atoms with E-state index >= 15 is 0 Å². The van der Waals surface area contributed by atoms with Crippen molar-refractivity contribution in [1.29, 1.82) is 0 Å². The highest BCUT2D eigenvalue weighted by Crippen LogP contribution is 2.40. The minimum atomic E-state index is -0.133. The van der Waals surface area contributed by atoms with Crippen molar-refractivity contribution >= 4 is 5.91 Å². The molecule has 4 nitrogen and oxygen atoms in total. The number of hydrogen-bond donors (Lipinski definition) is 0. The predicted molar refractivity (Wildman–Crippen MR) is 96.0 cm³/mol. The van der Waals surface area contributed by atoms with Crippen LogP contribution in [0.2, 0.25) is 0 Å². The Labute approximate surface area is 145 Å². The minimum Gasteiger partial charge on any atom is -0.497 e. The third kappa shape index (κ3) is 3.59. The van der Waals surface area contributed by atoms with E-state index in [0.717, 1.165) is 56.8 Å². The highest BCUT2D eigenvalue weighted by atomic mass is 16.5. The van der Waals surface area contributed by atoms with Crippen LogP contribution in [-0.2, 0) is 11.3 Å². The zero-order chi connectivity index (χ0) is 17.2. The summed E-state index contributed by atoms with van der Waals surface area (Å²) in [6.45, 7) is 9.19. The van der Waals surface area contributed by atoms with Crippen LogP contribution in [0.1, 0.15) is 38.7 Å². The molecule has 4 heteroatoms. The number of amides is 1. The SMILES string of the molecule is COc1cccc(CN2CCCC3(CCN(CC(C)C)C3)C2=O)c1. The van der Waals surface area contributed by atoms with Crippen LogP contribution in [-0.4, -0.2) is 49.0 Å². The van der Waals surface area contributed by atoms with Crippen LogP contribution in [0.15, 0.2) is 24.3 Å². The Bertz CT molecular complexity index is 587. The average Bonchev–Trinajstić information content (AvgIpc) is 2.95. The maximum Gasteiger partial charge on any atom is 0.230 e. The van der Waals surface area contributed by atoms with Crippen molar-refractivity contribution in [3.63, 3.8) is 0 Å². The Morgan fingerprint density at radius 2 is 2.08 bits per heavy atom. The van der Waals surface area contributed by atoms with Crippen LogP contribution in [0.4, 0.5) is 0 Å². The van der Waals surface area contributed by atoms with Crippen molar-refractivity contribution in [2.24, 2.45) is 11.3 Å². The zero-order valence-corrected chi connectivity index (χ0v) is 15.3. The molecule has 3 rings (SSSR count). The number of carbonyl (C=O) groups excluding carboxylic acids is 1. The molecule has 2 aliphatic heterocycles. The van der Waals surface area contributed by atoms with Crippen molar-refractivity contribution in [3.8, 4) is 5.75 Å². The molecule has 24 heavy (non-hydrogen) atoms. The standard InChI is InChI=1S/C20H30N2O2/c1-16(2)13-21-11-9-20(15-21)8-5-10-22(19(20)23)14-17-6-4-7-18(12-17)24-3/h4,6-7,12,16H,5,8-11,13-15H2,1-3H3. The van der Waals surface area contributed by atoms with Crippen molar-refractivity contribution in [2.45, 2.75) is 39.7 Å². The summed E-state index contributed by atoms with van der Waals surface area (Å²) in [5.74, 6) is 1.88. The quantitative estimate of drug-likeness (QED) is 0.831. The zero-order valence-electron chi connectivity index (χ0n) is 15.3. The summed E-state index contributed by atoms with van der Waals surface area (Å²) in [6.07, 6.45) is 3.19. The van der Waals surface area contributed by atoms with E-state index in [-0.39, 0.29) is 5.41 Å². The van der Waals surface area contributed by atoms with E-state index in [0.29, 0.717) is 18.4 Å². The lowest BCUT2D eigenvalue weighted by molar-refractivity contribution is -0.146. The highest BCUT2D eigenvalue weighted by Gasteiger charge is 2.48. The lowest BCUT2D eigenvalue weighted by atomic mass is 9.78. The molecule has 0 saturated carbocycles. The number of methoxy groups -OCH3 is 1. The number of likely N-dealkylation sites (tertiary alicyclic amines) is 2. The van der Waals surface area contributed by atoms with E-state index in [2.05, 4.69) is 29.7 Å². The van der Waals surface area contributed by atoms with Gasteiger partial charge in [0.05, 0.1) is 12.5 Å². The van der Waals surface area contributed by atoms with Crippen LogP contribution in [0, 0.1) is 11.3 Å². The lowest BCUT2D eigenvalue weighted by Gasteiger charge is -2.39. The molecule has 1 unspecified atom stereocenters. The number of ether oxygens (including phenoxy) is 1. The first-order valence-corrected chi connectivity index (χ1v) is 9.17. The average molecular weight is 330 g/mol. The van der Waals surface area contributed by atoms with E-state index in [1.807, 2.05) is 18.2 Å². The fourth-order valence-corrected chi connectivity index (χ4v) is 4.30. The highest BCUT2D eigenvalue weighted by molar-refractivity contribution is 5.84. The molecule has 0 radical (unpaired) electrons. The third-order valence-corrected chi connectivity index (χ3v) is 5.39. The van der Waals surface area contributed by atoms with E-state index in [1.54, 1.807) is 7.11 Å². The van der Waals surface area contributed by atoms with Gasteiger partial charge in [-0.1, -0.05) is 26.0 Å². The lowest BCUT2D eigenvalue weighted by Crippen LogP contribution is -2.49. The molecular formula is C20H30N2O2. The summed E-state index contributed by atoms with van der Waals surface area (Å²) in [5, 5.41) is 0. The number of carbonyl (C=O) groups is 1. The molecule has 2 fully saturated rings. The van der Waals surface area contributed by atoms with Gasteiger partial charge in [-0.25, -0.2) is 0 Å². The van der Waals surface area contributed by atoms with Gasteiger partial charge >= 0.3 is 0 Å². The number of piperidine rings is 1. The third-order valence-electron chi connectivity index (χ3n) is 5.39. The van der Waals surface area contributed by atoms with E-state index in [9.17, 15) is 4.79 Å². The Balaban J connectivity index is 1.69. The van der Waals surface area contributed by atoms with Crippen molar-refractivity contribution < 1.29 is 9.53 Å². The summed E-state index contributed by atoms with van der Waals surface area (Å²) in [4.78, 5) is 17.8. The molecule has 2 heterocycles. The molecule has 2 aliphatic rings. The number of benzene rings is 1. The summed E-state index contributed by atoms with van der Waals surface area (Å²) in [5.41, 5.74) is 1.02. The van der Waals surface area contributed by atoms with Gasteiger partial charge < -0.3 is 14.5 Å². The van der Waals surface area contributed by atoms with Gasteiger partial charge in [0.1, 0.15) is 5.75 Å². The molecule has 1 aromatic carbocycles. The van der Waals surface area contributed by atoms with Gasteiger partial charge in [-0.15, -0.1) is 0 Å². The Morgan fingerprint density at radius 3 is 2.83 bits per heavy atom. The molecular weight excluding hydrogens is 300 g/mol. The predicted octanol–water partition coefficient (Wildman–Crippen LogP) is 3.17. The molecule has 1 aromatic rings. The minimum absolute atomic E-state index is 0.133. The van der Waals surface area contributed by atoms with E-state index < -0.39 is 0 Å². The van der Waals surface area contributed by atoms with Gasteiger partial charge in [0.2, 0.25) is 5.91 Å². The summed E-state index contributed by atoms with van der Waals surface area (Å²) < 4.78 is 5.31. The van der Waals surface area contributed by atoms with Gasteiger partial charge in [0.15, 0.2) is 0 Å². The molecule has 132 valence electrons. The summed E-state index contributed by atoms with van der Waals surface area (Å²) in [6, 6.07) is 8.06. The van der Waals surface area contributed by atoms with Crippen molar-refractivity contribution in [3.05, 3.63) is 29.8 Å². The molecule has 1 spiro atoms. The van der Waals surface area contributed by atoms with Crippen LogP contribution in [0.25, 0.3) is 0 Å². The molecule has 0 bridgehead atoms. The largest absolute Gasteiger partial charge is 0.497 e. The van der Waals surface area contributed by atoms with Gasteiger partial charge in [0.25, 0.3) is 0 Å². The second-order valence-corrected chi connectivity index (χ2v) is 7.84. The topological polar surface area (TPSA) is 32.8 Å². The van der Waals surface area contributed by atoms with E-state index in [1.165, 1.54) is 0 Å². The van der Waals surface area contributed by atoms with Gasteiger partial charge in [-0.3, -0.25) is 4.79 Å². The van der Waals surface area contributed by atoms with Crippen LogP contribution in [0.3, 0.4) is 0 Å². The van der Waals surface area contributed by atoms with Crippen LogP contribution >= 0.6 is 0 Å². The normalized spacial score (nSPS) is 25.0. The second-order valence-electron chi connectivity index (χ2n) is 7.84. The van der Waals surface area contributed by atoms with Gasteiger partial charge in [-0.05, 0) is 49.4 Å². The maximum atomic E-state index is 13.2. The number of hydrogen-bond acceptors (Lipinski definition) is 3. The molecule has 2 saturated heterocycles. The van der Waals surface area contributed by atoms with Gasteiger partial charge in [0, 0.05) is 26.2 Å². The first-order chi connectivity index (χ1) is 11.5. The first-order valence-electron chi connectivity index (χ1n) is 9.17. The van der Waals surface area contributed by atoms with Crippen molar-refractivity contribution in [2.75, 3.05) is 33.3 Å². The molecule has 0 aromatic heterocycles. The fourth-order valence-electron chi connectivity index (χ4n) is 4.30. The molecule has 0 aliphatic carbocycles. The first kappa shape index (κ1) is 17.3. The summed E-state index contributed by atoms with van der Waals surface area (Å²) in [7, 11) is 1.68. The Kier molecular flexibility index (Phi) is 5.14. The van der Waals surface area contributed by atoms with Crippen molar-refractivity contribution in [1.82, 2.24) is 9.80 Å².